The minimum Gasteiger partial charge on any atom is -0.331 e. The summed E-state index contributed by atoms with van der Waals surface area (Å²) in [5, 5.41) is 0. The van der Waals surface area contributed by atoms with Gasteiger partial charge in [0.1, 0.15) is 0 Å². The Morgan fingerprint density at radius 2 is 2.05 bits per heavy atom. The fraction of sp³-hybridized carbons (Fsp3) is 0.556. The van der Waals surface area contributed by atoms with Crippen molar-refractivity contribution in [2.75, 3.05) is 7.05 Å². The van der Waals surface area contributed by atoms with E-state index in [4.69, 9.17) is 0 Å². The molecule has 120 valence electrons. The molecule has 2 aromatic rings. The second-order valence-corrected chi connectivity index (χ2v) is 6.25. The van der Waals surface area contributed by atoms with E-state index >= 15 is 0 Å². The monoisotopic (exact) mass is 300 g/mol. The third-order valence-electron chi connectivity index (χ3n) is 4.15. The van der Waals surface area contributed by atoms with Gasteiger partial charge in [0.25, 0.3) is 0 Å². The Labute approximate surface area is 134 Å². The lowest BCUT2D eigenvalue weighted by Crippen LogP contribution is -2.26. The SMILES string of the molecule is CCCC[C@H](c1cccnc1)N(C)Cc1cncn1C(C)C. The van der Waals surface area contributed by atoms with Crippen LogP contribution < -0.4 is 0 Å². The molecule has 0 fully saturated rings. The van der Waals surface area contributed by atoms with Gasteiger partial charge in [-0.25, -0.2) is 4.98 Å². The molecule has 2 rings (SSSR count). The van der Waals surface area contributed by atoms with Gasteiger partial charge in [-0.15, -0.1) is 0 Å². The molecule has 0 N–H and O–H groups in total. The number of hydrogen-bond donors (Lipinski definition) is 0. The number of hydrogen-bond acceptors (Lipinski definition) is 3. The van der Waals surface area contributed by atoms with E-state index in [0.717, 1.165) is 13.0 Å². The van der Waals surface area contributed by atoms with Crippen molar-refractivity contribution in [2.24, 2.45) is 0 Å². The number of unbranched alkanes of at least 4 members (excludes halogenated alkanes) is 1. The van der Waals surface area contributed by atoms with E-state index in [9.17, 15) is 0 Å². The molecule has 0 saturated heterocycles. The number of imidazole rings is 1. The van der Waals surface area contributed by atoms with Gasteiger partial charge in [0, 0.05) is 37.2 Å². The van der Waals surface area contributed by atoms with Crippen LogP contribution >= 0.6 is 0 Å². The Kier molecular flexibility index (Phi) is 6.13. The molecule has 0 aromatic carbocycles. The van der Waals surface area contributed by atoms with Crippen molar-refractivity contribution in [1.29, 1.82) is 0 Å². The number of rotatable bonds is 8. The Bertz CT molecular complexity index is 547. The van der Waals surface area contributed by atoms with Crippen LogP contribution in [-0.2, 0) is 6.54 Å². The molecule has 2 heterocycles. The molecule has 0 aliphatic carbocycles. The van der Waals surface area contributed by atoms with Gasteiger partial charge in [0.2, 0.25) is 0 Å². The van der Waals surface area contributed by atoms with Crippen LogP contribution in [0.2, 0.25) is 0 Å². The largest absolute Gasteiger partial charge is 0.331 e. The van der Waals surface area contributed by atoms with Gasteiger partial charge in [-0.2, -0.15) is 0 Å². The van der Waals surface area contributed by atoms with E-state index in [1.807, 2.05) is 31.0 Å². The highest BCUT2D eigenvalue weighted by molar-refractivity contribution is 5.14. The first-order valence-corrected chi connectivity index (χ1v) is 8.24. The summed E-state index contributed by atoms with van der Waals surface area (Å²) in [5.41, 5.74) is 2.57. The van der Waals surface area contributed by atoms with Crippen LogP contribution in [0.1, 0.15) is 63.4 Å². The van der Waals surface area contributed by atoms with Crippen LogP contribution in [0.15, 0.2) is 37.1 Å². The van der Waals surface area contributed by atoms with Crippen LogP contribution in [0.3, 0.4) is 0 Å². The molecule has 0 bridgehead atoms. The summed E-state index contributed by atoms with van der Waals surface area (Å²) in [6.45, 7) is 7.54. The highest BCUT2D eigenvalue weighted by atomic mass is 15.2. The van der Waals surface area contributed by atoms with Gasteiger partial charge in [0.15, 0.2) is 0 Å². The van der Waals surface area contributed by atoms with Crippen LogP contribution in [-0.4, -0.2) is 26.5 Å². The van der Waals surface area contributed by atoms with Gasteiger partial charge in [-0.1, -0.05) is 25.8 Å². The van der Waals surface area contributed by atoms with Gasteiger partial charge >= 0.3 is 0 Å². The zero-order valence-corrected chi connectivity index (χ0v) is 14.2. The minimum atomic E-state index is 0.407. The normalized spacial score (nSPS) is 13.0. The summed E-state index contributed by atoms with van der Waals surface area (Å²) in [4.78, 5) is 11.0. The van der Waals surface area contributed by atoms with Crippen molar-refractivity contribution >= 4 is 0 Å². The molecule has 0 spiro atoms. The molecule has 0 saturated carbocycles. The summed E-state index contributed by atoms with van der Waals surface area (Å²) in [5.74, 6) is 0. The molecular weight excluding hydrogens is 272 g/mol. The summed E-state index contributed by atoms with van der Waals surface area (Å²) >= 11 is 0. The Hall–Kier alpha value is -1.68. The van der Waals surface area contributed by atoms with Crippen molar-refractivity contribution in [3.8, 4) is 0 Å². The molecule has 0 aliphatic heterocycles. The van der Waals surface area contributed by atoms with Crippen LogP contribution in [0.4, 0.5) is 0 Å². The number of pyridine rings is 1. The molecule has 0 radical (unpaired) electrons. The molecule has 1 atom stereocenters. The zero-order chi connectivity index (χ0) is 15.9. The number of aromatic nitrogens is 3. The highest BCUT2D eigenvalue weighted by Crippen LogP contribution is 2.26. The predicted molar refractivity (Wildman–Crippen MR) is 90.6 cm³/mol. The molecule has 0 unspecified atom stereocenters. The van der Waals surface area contributed by atoms with Crippen molar-refractivity contribution in [1.82, 2.24) is 19.4 Å². The van der Waals surface area contributed by atoms with E-state index in [1.165, 1.54) is 24.1 Å². The lowest BCUT2D eigenvalue weighted by atomic mass is 10.0. The van der Waals surface area contributed by atoms with Gasteiger partial charge in [-0.05, 0) is 38.9 Å². The fourth-order valence-corrected chi connectivity index (χ4v) is 2.90. The molecule has 0 amide bonds. The average Bonchev–Trinajstić information content (AvgIpc) is 2.97. The Morgan fingerprint density at radius 3 is 2.68 bits per heavy atom. The quantitative estimate of drug-likeness (QED) is 0.732. The Balaban J connectivity index is 2.15. The first-order chi connectivity index (χ1) is 10.6. The molecule has 0 aliphatic rings. The van der Waals surface area contributed by atoms with E-state index in [2.05, 4.69) is 53.3 Å². The summed E-state index contributed by atoms with van der Waals surface area (Å²) in [7, 11) is 2.20. The first kappa shape index (κ1) is 16.7. The first-order valence-electron chi connectivity index (χ1n) is 8.24. The van der Waals surface area contributed by atoms with Crippen LogP contribution in [0, 0.1) is 0 Å². The summed E-state index contributed by atoms with van der Waals surface area (Å²) in [6, 6.07) is 5.06. The fourth-order valence-electron chi connectivity index (χ4n) is 2.90. The predicted octanol–water partition coefficient (Wildman–Crippen LogP) is 4.22. The van der Waals surface area contributed by atoms with Crippen LogP contribution in [0.25, 0.3) is 0 Å². The second-order valence-electron chi connectivity index (χ2n) is 6.25. The third kappa shape index (κ3) is 4.17. The lowest BCUT2D eigenvalue weighted by Gasteiger charge is -2.29. The van der Waals surface area contributed by atoms with Crippen molar-refractivity contribution < 1.29 is 0 Å². The highest BCUT2D eigenvalue weighted by Gasteiger charge is 2.18. The topological polar surface area (TPSA) is 34.0 Å². The van der Waals surface area contributed by atoms with Crippen LogP contribution in [0.5, 0.6) is 0 Å². The average molecular weight is 300 g/mol. The van der Waals surface area contributed by atoms with E-state index < -0.39 is 0 Å². The maximum Gasteiger partial charge on any atom is 0.0951 e. The minimum absolute atomic E-state index is 0.407. The van der Waals surface area contributed by atoms with Gasteiger partial charge in [0.05, 0.1) is 12.0 Å². The van der Waals surface area contributed by atoms with Crippen molar-refractivity contribution in [3.05, 3.63) is 48.3 Å². The zero-order valence-electron chi connectivity index (χ0n) is 14.2. The van der Waals surface area contributed by atoms with E-state index in [0.29, 0.717) is 12.1 Å². The van der Waals surface area contributed by atoms with Gasteiger partial charge < -0.3 is 4.57 Å². The van der Waals surface area contributed by atoms with Gasteiger partial charge in [-0.3, -0.25) is 9.88 Å². The van der Waals surface area contributed by atoms with Crippen molar-refractivity contribution in [2.45, 2.75) is 58.7 Å². The maximum atomic E-state index is 4.31. The second kappa shape index (κ2) is 8.08. The van der Waals surface area contributed by atoms with E-state index in [1.54, 1.807) is 0 Å². The molecule has 4 heteroatoms. The number of nitrogens with zero attached hydrogens (tertiary/aromatic N) is 4. The lowest BCUT2D eigenvalue weighted by molar-refractivity contribution is 0.214. The smallest absolute Gasteiger partial charge is 0.0951 e. The Morgan fingerprint density at radius 1 is 1.23 bits per heavy atom. The summed E-state index contributed by atoms with van der Waals surface area (Å²) in [6.07, 6.45) is 11.4. The molecular formula is C18H28N4. The third-order valence-corrected chi connectivity index (χ3v) is 4.15. The van der Waals surface area contributed by atoms with E-state index in [-0.39, 0.29) is 0 Å². The maximum absolute atomic E-state index is 4.31. The standard InChI is InChI=1S/C18H28N4/c1-5-6-9-18(16-8-7-10-19-11-16)21(4)13-17-12-20-14-22(17)15(2)3/h7-8,10-12,14-15,18H,5-6,9,13H2,1-4H3/t18-/m1/s1. The molecule has 22 heavy (non-hydrogen) atoms. The molecule has 2 aromatic heterocycles. The molecule has 4 nitrogen and oxygen atoms in total. The van der Waals surface area contributed by atoms with Crippen molar-refractivity contribution in [3.63, 3.8) is 0 Å². The summed E-state index contributed by atoms with van der Waals surface area (Å²) < 4.78 is 2.25.